The van der Waals surface area contributed by atoms with Crippen molar-refractivity contribution in [3.8, 4) is 0 Å². The summed E-state index contributed by atoms with van der Waals surface area (Å²) in [6.45, 7) is 1.09. The van der Waals surface area contributed by atoms with Gasteiger partial charge in [0.1, 0.15) is 6.04 Å². The number of carbonyl (C=O) groups excluding carboxylic acids is 1. The number of carboxylic acid groups (broad SMARTS) is 1. The molecule has 3 atom stereocenters. The zero-order valence-electron chi connectivity index (χ0n) is 12.0. The highest BCUT2D eigenvalue weighted by molar-refractivity contribution is 7.99. The van der Waals surface area contributed by atoms with Crippen LogP contribution in [-0.2, 0) is 4.79 Å². The summed E-state index contributed by atoms with van der Waals surface area (Å²) in [5.41, 5.74) is -0.610. The van der Waals surface area contributed by atoms with Crippen LogP contribution in [0.25, 0.3) is 0 Å². The van der Waals surface area contributed by atoms with E-state index >= 15 is 0 Å². The Morgan fingerprint density at radius 2 is 2.05 bits per heavy atom. The Morgan fingerprint density at radius 3 is 2.81 bits per heavy atom. The van der Waals surface area contributed by atoms with Gasteiger partial charge in [-0.15, -0.1) is 11.8 Å². The van der Waals surface area contributed by atoms with Crippen molar-refractivity contribution in [3.05, 3.63) is 0 Å². The third-order valence-corrected chi connectivity index (χ3v) is 6.12. The lowest BCUT2D eigenvalue weighted by atomic mass is 9.71. The van der Waals surface area contributed by atoms with Gasteiger partial charge in [0, 0.05) is 24.8 Å². The standard InChI is InChI=1S/C14H22N2O4S/c17-12(18)11-8-21-9-16(11)13(19)15-6-5-14(20)4-2-1-3-10(14)7-15/h10-11,20H,1-9H2,(H,17,18)/t10?,11-,14?/m0/s1. The molecule has 2 aliphatic heterocycles. The van der Waals surface area contributed by atoms with Crippen LogP contribution in [0.3, 0.4) is 0 Å². The highest BCUT2D eigenvalue weighted by Crippen LogP contribution is 2.40. The molecule has 3 fully saturated rings. The Kier molecular flexibility index (Phi) is 4.05. The van der Waals surface area contributed by atoms with Crippen molar-refractivity contribution in [1.82, 2.24) is 9.80 Å². The Bertz CT molecular complexity index is 447. The number of hydrogen-bond donors (Lipinski definition) is 2. The first-order chi connectivity index (χ1) is 10.0. The number of amides is 2. The summed E-state index contributed by atoms with van der Waals surface area (Å²) < 4.78 is 0. The minimum absolute atomic E-state index is 0.141. The van der Waals surface area contributed by atoms with Crippen molar-refractivity contribution < 1.29 is 19.8 Å². The van der Waals surface area contributed by atoms with E-state index in [-0.39, 0.29) is 11.9 Å². The van der Waals surface area contributed by atoms with Crippen molar-refractivity contribution >= 4 is 23.8 Å². The van der Waals surface area contributed by atoms with E-state index in [1.807, 2.05) is 0 Å². The Labute approximate surface area is 128 Å². The molecule has 7 heteroatoms. The molecule has 2 heterocycles. The van der Waals surface area contributed by atoms with E-state index < -0.39 is 17.6 Å². The lowest BCUT2D eigenvalue weighted by Gasteiger charge is -2.48. The highest BCUT2D eigenvalue weighted by atomic mass is 32.2. The third kappa shape index (κ3) is 2.73. The third-order valence-electron chi connectivity index (χ3n) is 5.11. The van der Waals surface area contributed by atoms with Crippen LogP contribution in [0, 0.1) is 5.92 Å². The smallest absolute Gasteiger partial charge is 0.327 e. The van der Waals surface area contributed by atoms with Crippen LogP contribution in [0.4, 0.5) is 4.79 Å². The maximum atomic E-state index is 12.6. The predicted octanol–water partition coefficient (Wildman–Crippen LogP) is 1.19. The maximum Gasteiger partial charge on any atom is 0.327 e. The molecule has 0 bridgehead atoms. The Balaban J connectivity index is 1.67. The second-order valence-corrected chi connectivity index (χ2v) is 7.35. The van der Waals surface area contributed by atoms with Crippen LogP contribution in [0.1, 0.15) is 32.1 Å². The van der Waals surface area contributed by atoms with Gasteiger partial charge in [0.05, 0.1) is 11.5 Å². The van der Waals surface area contributed by atoms with Crippen molar-refractivity contribution in [2.24, 2.45) is 5.92 Å². The molecule has 2 saturated heterocycles. The molecule has 1 saturated carbocycles. The molecule has 118 valence electrons. The van der Waals surface area contributed by atoms with Crippen molar-refractivity contribution in [2.45, 2.75) is 43.7 Å². The van der Waals surface area contributed by atoms with Crippen LogP contribution in [-0.4, -0.2) is 68.4 Å². The summed E-state index contributed by atoms with van der Waals surface area (Å²) in [6.07, 6.45) is 4.56. The van der Waals surface area contributed by atoms with Crippen LogP contribution in [0.2, 0.25) is 0 Å². The number of likely N-dealkylation sites (tertiary alicyclic amines) is 1. The van der Waals surface area contributed by atoms with E-state index in [0.717, 1.165) is 25.7 Å². The number of thioether (sulfide) groups is 1. The summed E-state index contributed by atoms with van der Waals surface area (Å²) in [5, 5.41) is 19.8. The highest BCUT2D eigenvalue weighted by Gasteiger charge is 2.45. The molecule has 0 radical (unpaired) electrons. The van der Waals surface area contributed by atoms with Crippen molar-refractivity contribution in [1.29, 1.82) is 0 Å². The molecule has 1 aliphatic carbocycles. The molecule has 2 amide bonds. The second-order valence-electron chi connectivity index (χ2n) is 6.35. The lowest BCUT2D eigenvalue weighted by molar-refractivity contribution is -0.141. The second kappa shape index (κ2) is 5.68. The molecule has 2 unspecified atom stereocenters. The number of carboxylic acids is 1. The summed E-state index contributed by atoms with van der Waals surface area (Å²) in [7, 11) is 0. The van der Waals surface area contributed by atoms with Crippen molar-refractivity contribution in [3.63, 3.8) is 0 Å². The van der Waals surface area contributed by atoms with E-state index in [1.54, 1.807) is 4.90 Å². The molecule has 0 aromatic rings. The molecular weight excluding hydrogens is 292 g/mol. The summed E-state index contributed by atoms with van der Waals surface area (Å²) >= 11 is 1.48. The van der Waals surface area contributed by atoms with Crippen LogP contribution in [0.5, 0.6) is 0 Å². The topological polar surface area (TPSA) is 81.1 Å². The fraction of sp³-hybridized carbons (Fsp3) is 0.857. The summed E-state index contributed by atoms with van der Waals surface area (Å²) in [5.74, 6) is 0.116. The molecular formula is C14H22N2O4S. The van der Waals surface area contributed by atoms with E-state index in [9.17, 15) is 19.8 Å². The van der Waals surface area contributed by atoms with Gasteiger partial charge in [-0.1, -0.05) is 12.8 Å². The average Bonchev–Trinajstić information content (AvgIpc) is 2.95. The van der Waals surface area contributed by atoms with E-state index in [0.29, 0.717) is 31.1 Å². The van der Waals surface area contributed by atoms with Crippen LogP contribution < -0.4 is 0 Å². The molecule has 3 aliphatic rings. The fourth-order valence-corrected chi connectivity index (χ4v) is 4.90. The first-order valence-corrected chi connectivity index (χ1v) is 8.75. The fourth-order valence-electron chi connectivity index (χ4n) is 3.76. The number of piperidine rings is 1. The van der Waals surface area contributed by atoms with Gasteiger partial charge in [-0.25, -0.2) is 9.59 Å². The predicted molar refractivity (Wildman–Crippen MR) is 79.1 cm³/mol. The number of urea groups is 1. The Hall–Kier alpha value is -0.950. The quantitative estimate of drug-likeness (QED) is 0.760. The van der Waals surface area contributed by atoms with Gasteiger partial charge in [0.2, 0.25) is 0 Å². The first-order valence-electron chi connectivity index (χ1n) is 7.60. The zero-order valence-corrected chi connectivity index (χ0v) is 12.8. The van der Waals surface area contributed by atoms with Crippen LogP contribution >= 0.6 is 11.8 Å². The largest absolute Gasteiger partial charge is 0.480 e. The Morgan fingerprint density at radius 1 is 1.24 bits per heavy atom. The molecule has 0 aromatic carbocycles. The van der Waals surface area contributed by atoms with Gasteiger partial charge in [0.25, 0.3) is 0 Å². The SMILES string of the molecule is O=C(O)[C@@H]1CSCN1C(=O)N1CCC2(O)CCCCC2C1. The van der Waals surface area contributed by atoms with Crippen LogP contribution in [0.15, 0.2) is 0 Å². The molecule has 6 nitrogen and oxygen atoms in total. The number of fused-ring (bicyclic) bond motifs is 1. The molecule has 2 N–H and O–H groups in total. The normalized spacial score (nSPS) is 36.4. The number of aliphatic carboxylic acids is 1. The minimum Gasteiger partial charge on any atom is -0.480 e. The average molecular weight is 314 g/mol. The summed E-state index contributed by atoms with van der Waals surface area (Å²) in [6, 6.07) is -0.894. The number of carbonyl (C=O) groups is 2. The molecule has 3 rings (SSSR count). The number of aliphatic hydroxyl groups is 1. The van der Waals surface area contributed by atoms with E-state index in [1.165, 1.54) is 16.7 Å². The van der Waals surface area contributed by atoms with Crippen molar-refractivity contribution in [2.75, 3.05) is 24.7 Å². The first kappa shape index (κ1) is 15.0. The van der Waals surface area contributed by atoms with E-state index in [2.05, 4.69) is 0 Å². The lowest BCUT2D eigenvalue weighted by Crippen LogP contribution is -2.58. The maximum absolute atomic E-state index is 12.6. The van der Waals surface area contributed by atoms with Gasteiger partial charge in [-0.3, -0.25) is 0 Å². The minimum atomic E-state index is -0.931. The van der Waals surface area contributed by atoms with Gasteiger partial charge in [-0.05, 0) is 19.3 Å². The van der Waals surface area contributed by atoms with Gasteiger partial charge >= 0.3 is 12.0 Å². The van der Waals surface area contributed by atoms with E-state index in [4.69, 9.17) is 0 Å². The monoisotopic (exact) mass is 314 g/mol. The van der Waals surface area contributed by atoms with Gasteiger partial charge < -0.3 is 20.0 Å². The van der Waals surface area contributed by atoms with Gasteiger partial charge in [-0.2, -0.15) is 0 Å². The molecule has 21 heavy (non-hydrogen) atoms. The number of rotatable bonds is 1. The number of hydrogen-bond acceptors (Lipinski definition) is 4. The zero-order chi connectivity index (χ0) is 15.0. The molecule has 0 spiro atoms. The summed E-state index contributed by atoms with van der Waals surface area (Å²) in [4.78, 5) is 27.0. The number of nitrogens with zero attached hydrogens (tertiary/aromatic N) is 2. The van der Waals surface area contributed by atoms with Gasteiger partial charge in [0.15, 0.2) is 0 Å². The molecule has 0 aromatic heterocycles.